The average Bonchev–Trinajstić information content (AvgIpc) is 2.85. The highest BCUT2D eigenvalue weighted by atomic mass is 32.1. The van der Waals surface area contributed by atoms with E-state index in [-0.39, 0.29) is 16.9 Å². The van der Waals surface area contributed by atoms with E-state index in [4.69, 9.17) is 5.11 Å². The molecule has 1 aromatic carbocycles. The van der Waals surface area contributed by atoms with E-state index < -0.39 is 5.97 Å². The zero-order valence-electron chi connectivity index (χ0n) is 10.3. The number of hydrogen-bond acceptors (Lipinski definition) is 4. The molecule has 0 saturated carbocycles. The van der Waals surface area contributed by atoms with Gasteiger partial charge in [-0.25, -0.2) is 14.2 Å². The van der Waals surface area contributed by atoms with E-state index in [1.807, 2.05) is 6.92 Å². The van der Waals surface area contributed by atoms with Crippen molar-refractivity contribution >= 4 is 17.3 Å². The number of carboxylic acid groups (broad SMARTS) is 1. The number of aromatic nitrogens is 1. The highest BCUT2D eigenvalue weighted by Crippen LogP contribution is 2.17. The first-order chi connectivity index (χ1) is 9.08. The van der Waals surface area contributed by atoms with Crippen LogP contribution in [0.4, 0.5) is 4.39 Å². The van der Waals surface area contributed by atoms with Crippen LogP contribution >= 0.6 is 11.3 Å². The molecular weight excluding hydrogens is 267 g/mol. The third-order valence-corrected chi connectivity index (χ3v) is 3.57. The van der Waals surface area contributed by atoms with Crippen LogP contribution in [0.3, 0.4) is 0 Å². The Kier molecular flexibility index (Phi) is 4.24. The van der Waals surface area contributed by atoms with Crippen LogP contribution in [0.1, 0.15) is 34.0 Å². The first kappa shape index (κ1) is 13.6. The van der Waals surface area contributed by atoms with Gasteiger partial charge in [0.1, 0.15) is 5.82 Å². The van der Waals surface area contributed by atoms with Crippen LogP contribution in [0.25, 0.3) is 0 Å². The lowest BCUT2D eigenvalue weighted by atomic mass is 10.1. The van der Waals surface area contributed by atoms with Crippen molar-refractivity contribution in [3.8, 4) is 0 Å². The standard InChI is InChI=1S/C13H13FN2O2S/c1-8(10-4-2-3-5-11(10)14)15-6-9-7-19-12(16-9)13(17)18/h2-5,7-8,15H,6H2,1H3,(H,17,18)/t8-/m1/s1. The summed E-state index contributed by atoms with van der Waals surface area (Å²) in [6.07, 6.45) is 0. The van der Waals surface area contributed by atoms with Crippen LogP contribution in [0.2, 0.25) is 0 Å². The van der Waals surface area contributed by atoms with Crippen molar-refractivity contribution in [3.63, 3.8) is 0 Å². The Morgan fingerprint density at radius 3 is 2.89 bits per heavy atom. The van der Waals surface area contributed by atoms with Crippen LogP contribution in [-0.4, -0.2) is 16.1 Å². The van der Waals surface area contributed by atoms with Gasteiger partial charge in [0, 0.05) is 23.5 Å². The topological polar surface area (TPSA) is 62.2 Å². The number of thiazole rings is 1. The van der Waals surface area contributed by atoms with Crippen molar-refractivity contribution in [1.82, 2.24) is 10.3 Å². The van der Waals surface area contributed by atoms with Crippen molar-refractivity contribution in [2.45, 2.75) is 19.5 Å². The summed E-state index contributed by atoms with van der Waals surface area (Å²) < 4.78 is 13.5. The summed E-state index contributed by atoms with van der Waals surface area (Å²) in [6.45, 7) is 2.25. The minimum Gasteiger partial charge on any atom is -0.476 e. The molecule has 4 nitrogen and oxygen atoms in total. The fourth-order valence-electron chi connectivity index (χ4n) is 1.68. The maximum atomic E-state index is 13.5. The summed E-state index contributed by atoms with van der Waals surface area (Å²) in [5, 5.41) is 13.6. The number of carbonyl (C=O) groups is 1. The zero-order chi connectivity index (χ0) is 13.8. The Labute approximate surface area is 113 Å². The Morgan fingerprint density at radius 1 is 1.53 bits per heavy atom. The van der Waals surface area contributed by atoms with Gasteiger partial charge in [0.15, 0.2) is 0 Å². The fraction of sp³-hybridized carbons (Fsp3) is 0.231. The number of halogens is 1. The molecule has 1 aromatic heterocycles. The fourth-order valence-corrected chi connectivity index (χ4v) is 2.33. The molecular formula is C13H13FN2O2S. The number of nitrogens with zero attached hydrogens (tertiary/aromatic N) is 1. The van der Waals surface area contributed by atoms with Crippen molar-refractivity contribution in [2.75, 3.05) is 0 Å². The van der Waals surface area contributed by atoms with Crippen molar-refractivity contribution in [3.05, 3.63) is 51.7 Å². The molecule has 2 N–H and O–H groups in total. The van der Waals surface area contributed by atoms with Gasteiger partial charge in [0.2, 0.25) is 5.01 Å². The number of hydrogen-bond donors (Lipinski definition) is 2. The van der Waals surface area contributed by atoms with E-state index in [1.165, 1.54) is 6.07 Å². The molecule has 0 aliphatic rings. The molecule has 1 atom stereocenters. The lowest BCUT2D eigenvalue weighted by Gasteiger charge is -2.13. The summed E-state index contributed by atoms with van der Waals surface area (Å²) >= 11 is 1.08. The largest absolute Gasteiger partial charge is 0.476 e. The quantitative estimate of drug-likeness (QED) is 0.884. The highest BCUT2D eigenvalue weighted by Gasteiger charge is 2.12. The molecule has 0 fully saturated rings. The minimum absolute atomic E-state index is 0.0651. The van der Waals surface area contributed by atoms with E-state index in [0.29, 0.717) is 17.8 Å². The van der Waals surface area contributed by atoms with E-state index in [0.717, 1.165) is 11.3 Å². The van der Waals surface area contributed by atoms with E-state index >= 15 is 0 Å². The predicted molar refractivity (Wildman–Crippen MR) is 70.7 cm³/mol. The van der Waals surface area contributed by atoms with Crippen LogP contribution in [0, 0.1) is 5.82 Å². The minimum atomic E-state index is -1.03. The summed E-state index contributed by atoms with van der Waals surface area (Å²) in [7, 11) is 0. The number of rotatable bonds is 5. The maximum absolute atomic E-state index is 13.5. The van der Waals surface area contributed by atoms with Gasteiger partial charge in [-0.1, -0.05) is 18.2 Å². The monoisotopic (exact) mass is 280 g/mol. The third kappa shape index (κ3) is 3.36. The molecule has 0 spiro atoms. The molecule has 2 rings (SSSR count). The second-order valence-electron chi connectivity index (χ2n) is 4.07. The first-order valence-electron chi connectivity index (χ1n) is 5.73. The van der Waals surface area contributed by atoms with Crippen LogP contribution in [-0.2, 0) is 6.54 Å². The summed E-state index contributed by atoms with van der Waals surface area (Å²) in [5.41, 5.74) is 1.22. The highest BCUT2D eigenvalue weighted by molar-refractivity contribution is 7.11. The third-order valence-electron chi connectivity index (χ3n) is 2.70. The zero-order valence-corrected chi connectivity index (χ0v) is 11.1. The first-order valence-corrected chi connectivity index (χ1v) is 6.61. The molecule has 1 heterocycles. The van der Waals surface area contributed by atoms with Crippen molar-refractivity contribution in [1.29, 1.82) is 0 Å². The van der Waals surface area contributed by atoms with Gasteiger partial charge in [-0.05, 0) is 13.0 Å². The SMILES string of the molecule is C[C@@H](NCc1csc(C(=O)O)n1)c1ccccc1F. The lowest BCUT2D eigenvalue weighted by Crippen LogP contribution is -2.19. The molecule has 0 unspecified atom stereocenters. The summed E-state index contributed by atoms with van der Waals surface area (Å²) in [4.78, 5) is 14.7. The number of aromatic carboxylic acids is 1. The summed E-state index contributed by atoms with van der Waals surface area (Å²) in [6, 6.07) is 6.39. The van der Waals surface area contributed by atoms with Gasteiger partial charge in [0.25, 0.3) is 0 Å². The molecule has 0 aliphatic carbocycles. The maximum Gasteiger partial charge on any atom is 0.365 e. The number of benzene rings is 1. The molecule has 0 amide bonds. The van der Waals surface area contributed by atoms with Gasteiger partial charge in [0.05, 0.1) is 5.69 Å². The Hall–Kier alpha value is -1.79. The Bertz CT molecular complexity index is 586. The smallest absolute Gasteiger partial charge is 0.365 e. The van der Waals surface area contributed by atoms with Gasteiger partial charge in [-0.15, -0.1) is 11.3 Å². The van der Waals surface area contributed by atoms with Gasteiger partial charge >= 0.3 is 5.97 Å². The second-order valence-corrected chi connectivity index (χ2v) is 4.93. The summed E-state index contributed by atoms with van der Waals surface area (Å²) in [5.74, 6) is -1.29. The molecule has 0 bridgehead atoms. The number of nitrogens with one attached hydrogen (secondary N) is 1. The molecule has 0 saturated heterocycles. The average molecular weight is 280 g/mol. The van der Waals surface area contributed by atoms with Crippen molar-refractivity contribution < 1.29 is 14.3 Å². The predicted octanol–water partition coefficient (Wildman–Crippen LogP) is 2.83. The molecule has 19 heavy (non-hydrogen) atoms. The van der Waals surface area contributed by atoms with Gasteiger partial charge < -0.3 is 10.4 Å². The normalized spacial score (nSPS) is 12.3. The van der Waals surface area contributed by atoms with Crippen LogP contribution in [0.5, 0.6) is 0 Å². The Morgan fingerprint density at radius 2 is 2.26 bits per heavy atom. The second kappa shape index (κ2) is 5.90. The van der Waals surface area contributed by atoms with Crippen LogP contribution < -0.4 is 5.32 Å². The molecule has 100 valence electrons. The van der Waals surface area contributed by atoms with Gasteiger partial charge in [-0.2, -0.15) is 0 Å². The molecule has 0 aliphatic heterocycles. The lowest BCUT2D eigenvalue weighted by molar-refractivity contribution is 0.0696. The van der Waals surface area contributed by atoms with Crippen molar-refractivity contribution in [2.24, 2.45) is 0 Å². The van der Waals surface area contributed by atoms with Crippen LogP contribution in [0.15, 0.2) is 29.6 Å². The van der Waals surface area contributed by atoms with E-state index in [1.54, 1.807) is 23.6 Å². The Balaban J connectivity index is 1.98. The van der Waals surface area contributed by atoms with Gasteiger partial charge in [-0.3, -0.25) is 0 Å². The van der Waals surface area contributed by atoms with E-state index in [9.17, 15) is 9.18 Å². The van der Waals surface area contributed by atoms with E-state index in [2.05, 4.69) is 10.3 Å². The molecule has 6 heteroatoms. The molecule has 2 aromatic rings. The molecule has 0 radical (unpaired) electrons. The number of carboxylic acids is 1.